The summed E-state index contributed by atoms with van der Waals surface area (Å²) in [4.78, 5) is 0. The van der Waals surface area contributed by atoms with E-state index in [9.17, 15) is 0 Å². The topological polar surface area (TPSA) is 0 Å². The highest BCUT2D eigenvalue weighted by Crippen LogP contribution is 2.29. The zero-order valence-electron chi connectivity index (χ0n) is 66.9. The van der Waals surface area contributed by atoms with E-state index >= 15 is 0 Å². The van der Waals surface area contributed by atoms with Crippen molar-refractivity contribution in [2.45, 2.75) is 207 Å². The lowest BCUT2D eigenvalue weighted by molar-refractivity contribution is 1.12. The summed E-state index contributed by atoms with van der Waals surface area (Å²) in [5, 5.41) is 2.72. The van der Waals surface area contributed by atoms with Gasteiger partial charge in [-0.3, -0.25) is 0 Å². The molecule has 0 aliphatic carbocycles. The van der Waals surface area contributed by atoms with Gasteiger partial charge in [0.2, 0.25) is 0 Å². The van der Waals surface area contributed by atoms with E-state index < -0.39 is 0 Å². The van der Waals surface area contributed by atoms with Gasteiger partial charge in [0.1, 0.15) is 0 Å². The molecule has 100 heavy (non-hydrogen) atoms. The Morgan fingerprint density at radius 3 is 0.750 bits per heavy atom. The molecule has 0 fully saturated rings. The molecule has 0 aromatic heterocycles. The first-order chi connectivity index (χ1) is 47.1. The Bertz CT molecular complexity index is 4510. The second kappa shape index (κ2) is 36.8. The number of hydrogen-bond donors (Lipinski definition) is 0. The van der Waals surface area contributed by atoms with Crippen molar-refractivity contribution in [3.8, 4) is 22.3 Å². The van der Waals surface area contributed by atoms with Crippen LogP contribution >= 0.6 is 0 Å². The Kier molecular flexibility index (Phi) is 29.4. The molecule has 0 aliphatic heterocycles. The van der Waals surface area contributed by atoms with E-state index in [1.54, 1.807) is 0 Å². The molecule has 0 nitrogen and oxygen atoms in total. The Balaban J connectivity index is 0.000000185. The molecule has 12 aromatic carbocycles. The zero-order valence-corrected chi connectivity index (χ0v) is 66.9. The fraction of sp³-hybridized carbons (Fsp3) is 0.300. The van der Waals surface area contributed by atoms with Crippen molar-refractivity contribution in [3.05, 3.63) is 372 Å². The molecule has 0 saturated carbocycles. The van der Waals surface area contributed by atoms with Gasteiger partial charge in [-0.1, -0.05) is 194 Å². The summed E-state index contributed by atoms with van der Waals surface area (Å²) in [6.45, 7) is 60.7. The molecular formula is C100H120. The van der Waals surface area contributed by atoms with Crippen molar-refractivity contribution in [1.29, 1.82) is 0 Å². The summed E-state index contributed by atoms with van der Waals surface area (Å²) in [6, 6.07) is 71.3. The molecule has 0 heteroatoms. The molecule has 520 valence electrons. The van der Waals surface area contributed by atoms with Crippen LogP contribution in [0, 0.1) is 194 Å². The molecule has 0 heterocycles. The van der Waals surface area contributed by atoms with E-state index in [-0.39, 0.29) is 0 Å². The van der Waals surface area contributed by atoms with Crippen LogP contribution in [-0.2, 0) is 12.8 Å². The first kappa shape index (κ1) is 79.9. The quantitative estimate of drug-likeness (QED) is 0.156. The minimum atomic E-state index is 1.03. The van der Waals surface area contributed by atoms with Crippen molar-refractivity contribution >= 4 is 10.8 Å². The molecule has 0 atom stereocenters. The maximum atomic E-state index is 2.30. The number of hydrogen-bond acceptors (Lipinski definition) is 0. The van der Waals surface area contributed by atoms with Gasteiger partial charge in [0.15, 0.2) is 0 Å². The molecule has 0 radical (unpaired) electrons. The summed E-state index contributed by atoms with van der Waals surface area (Å²) in [5.41, 5.74) is 49.6. The highest BCUT2D eigenvalue weighted by Gasteiger charge is 2.09. The van der Waals surface area contributed by atoms with E-state index in [1.807, 2.05) is 0 Å². The van der Waals surface area contributed by atoms with Crippen LogP contribution in [0.15, 0.2) is 194 Å². The zero-order chi connectivity index (χ0) is 74.0. The van der Waals surface area contributed by atoms with Crippen molar-refractivity contribution in [3.63, 3.8) is 0 Å². The van der Waals surface area contributed by atoms with E-state index in [0.717, 1.165) is 12.8 Å². The Morgan fingerprint density at radius 2 is 0.410 bits per heavy atom. The number of rotatable bonds is 6. The van der Waals surface area contributed by atoms with Gasteiger partial charge in [-0.25, -0.2) is 0 Å². The third-order valence-corrected chi connectivity index (χ3v) is 21.5. The van der Waals surface area contributed by atoms with Gasteiger partial charge in [-0.2, -0.15) is 0 Å². The lowest BCUT2D eigenvalue weighted by Crippen LogP contribution is -1.95. The van der Waals surface area contributed by atoms with E-state index in [0.29, 0.717) is 0 Å². The van der Waals surface area contributed by atoms with Gasteiger partial charge < -0.3 is 0 Å². The van der Waals surface area contributed by atoms with Crippen molar-refractivity contribution in [1.82, 2.24) is 0 Å². The summed E-state index contributed by atoms with van der Waals surface area (Å²) < 4.78 is 0. The fourth-order valence-electron chi connectivity index (χ4n) is 12.0. The van der Waals surface area contributed by atoms with Crippen molar-refractivity contribution in [2.75, 3.05) is 0 Å². The lowest BCUT2D eigenvalue weighted by Gasteiger charge is -2.10. The normalized spacial score (nSPS) is 10.5. The van der Waals surface area contributed by atoms with Crippen LogP contribution in [0.5, 0.6) is 0 Å². The van der Waals surface area contributed by atoms with E-state index in [4.69, 9.17) is 0 Å². The molecule has 0 aliphatic rings. The largest absolute Gasteiger partial charge is 0.0617 e. The van der Waals surface area contributed by atoms with Gasteiger partial charge in [0.05, 0.1) is 0 Å². The smallest absolute Gasteiger partial charge is 0.00229 e. The molecule has 0 unspecified atom stereocenters. The van der Waals surface area contributed by atoms with E-state index in [1.165, 1.54) is 211 Å². The predicted octanol–water partition coefficient (Wildman–Crippen LogP) is 28.1. The third-order valence-electron chi connectivity index (χ3n) is 21.5. The summed E-state index contributed by atoms with van der Waals surface area (Å²) in [5.74, 6) is 0. The fourth-order valence-corrected chi connectivity index (χ4v) is 12.0. The monoisotopic (exact) mass is 1320 g/mol. The maximum Gasteiger partial charge on any atom is -0.00229 e. The molecule has 0 bridgehead atoms. The lowest BCUT2D eigenvalue weighted by atomic mass is 9.95. The Hall–Kier alpha value is -9.10. The highest BCUT2D eigenvalue weighted by molar-refractivity contribution is 5.85. The van der Waals surface area contributed by atoms with Gasteiger partial charge >= 0.3 is 0 Å². The van der Waals surface area contributed by atoms with Gasteiger partial charge in [-0.05, 0) is 418 Å². The first-order valence-electron chi connectivity index (χ1n) is 36.2. The summed E-state index contributed by atoms with van der Waals surface area (Å²) >= 11 is 0. The number of fused-ring (bicyclic) bond motifs is 1. The van der Waals surface area contributed by atoms with Crippen molar-refractivity contribution < 1.29 is 0 Å². The third kappa shape index (κ3) is 22.7. The maximum absolute atomic E-state index is 2.30. The van der Waals surface area contributed by atoms with Crippen LogP contribution < -0.4 is 0 Å². The average Bonchev–Trinajstić information content (AvgIpc) is 0.816. The first-order valence-corrected chi connectivity index (χ1v) is 36.2. The average molecular weight is 1320 g/mol. The van der Waals surface area contributed by atoms with Crippen LogP contribution in [0.1, 0.15) is 178 Å². The predicted molar refractivity (Wildman–Crippen MR) is 445 cm³/mol. The second-order valence-corrected chi connectivity index (χ2v) is 29.3. The molecule has 0 saturated heterocycles. The molecule has 0 N–H and O–H groups in total. The molecular weight excluding hydrogens is 1200 g/mol. The van der Waals surface area contributed by atoms with Gasteiger partial charge in [0.25, 0.3) is 0 Å². The molecule has 0 spiro atoms. The summed E-state index contributed by atoms with van der Waals surface area (Å²) in [7, 11) is 0. The summed E-state index contributed by atoms with van der Waals surface area (Å²) in [6.07, 6.45) is 2.07. The molecule has 0 amide bonds. The van der Waals surface area contributed by atoms with Gasteiger partial charge in [-0.15, -0.1) is 0 Å². The Morgan fingerprint density at radius 1 is 0.160 bits per heavy atom. The molecule has 12 aromatic rings. The number of benzene rings is 12. The number of aryl methyl sites for hydroxylation is 24. The van der Waals surface area contributed by atoms with Crippen molar-refractivity contribution in [2.24, 2.45) is 0 Å². The van der Waals surface area contributed by atoms with Crippen LogP contribution in [0.4, 0.5) is 0 Å². The Labute approximate surface area is 608 Å². The highest BCUT2D eigenvalue weighted by atomic mass is 14.1. The second-order valence-electron chi connectivity index (χ2n) is 29.3. The minimum Gasteiger partial charge on any atom is -0.0617 e. The SMILES string of the molecule is Cc1cc(C)c(C)cc1C.Cc1cc2cc(C)c(C)cc2cc1C.Cc1ccc(-c2ccc(C)c(C)c2)cc1C.Cc1ccc(-c2cccc(C)c2C)cc1C.Cc1ccc(C)c(C)c1C.Cc1ccc(Cc2ccc(C)c(C)c2)cc1C.Cc1ccc(Cc2cccc(C)c2C)cc1C. The van der Waals surface area contributed by atoms with Crippen LogP contribution in [0.3, 0.4) is 0 Å². The van der Waals surface area contributed by atoms with Gasteiger partial charge in [0, 0.05) is 0 Å². The molecule has 12 rings (SSSR count). The van der Waals surface area contributed by atoms with Crippen LogP contribution in [0.25, 0.3) is 33.0 Å². The minimum absolute atomic E-state index is 1.03. The van der Waals surface area contributed by atoms with Crippen LogP contribution in [-0.4, -0.2) is 0 Å². The van der Waals surface area contributed by atoms with Crippen LogP contribution in [0.2, 0.25) is 0 Å². The van der Waals surface area contributed by atoms with E-state index in [2.05, 4.69) is 388 Å². The standard InChI is InChI=1S/2C17H20.2C16H18.C14H16.2C10H14/c1-12-5-7-16(9-14(12)3)11-17-8-6-13(2)15(4)10-17;1-12-8-9-16(10-14(12)3)11-17-7-5-6-13(2)15(17)4;1-11-5-7-15(9-13(11)3)16-8-6-12(2)14(4)10-16;1-11-8-9-15(10-13(11)3)16-7-5-6-12(2)14(16)4;1-9-5-13-7-11(3)12(4)8-14(13)6-10(9)2;1-7-5-9(3)10(4)6-8(7)2;1-7-5-6-8(2)10(4)9(7)3/h2*5-10H,11H2,1-4H3;2*5-10H,1-4H3;5-8H,1-4H3;2*5-6H,1-4H3.